The summed E-state index contributed by atoms with van der Waals surface area (Å²) in [4.78, 5) is 4.35. The molecule has 0 radical (unpaired) electrons. The van der Waals surface area contributed by atoms with Crippen LogP contribution < -0.4 is 5.32 Å². The summed E-state index contributed by atoms with van der Waals surface area (Å²) in [5.74, 6) is 1.37. The lowest BCUT2D eigenvalue weighted by molar-refractivity contribution is 0.801. The Labute approximate surface area is 117 Å². The summed E-state index contributed by atoms with van der Waals surface area (Å²) in [7, 11) is 0. The zero-order chi connectivity index (χ0) is 13.0. The number of aromatic nitrogens is 1. The fraction of sp³-hybridized carbons (Fsp3) is 0.267. The van der Waals surface area contributed by atoms with Gasteiger partial charge in [0.15, 0.2) is 0 Å². The number of pyridine rings is 1. The van der Waals surface area contributed by atoms with Gasteiger partial charge < -0.3 is 5.32 Å². The lowest BCUT2D eigenvalue weighted by Crippen LogP contribution is -2.11. The van der Waals surface area contributed by atoms with Crippen molar-refractivity contribution in [1.29, 1.82) is 0 Å². The van der Waals surface area contributed by atoms with Crippen molar-refractivity contribution in [1.82, 2.24) is 4.98 Å². The highest BCUT2D eigenvalue weighted by atomic mass is 79.9. The molecule has 1 N–H and O–H groups in total. The van der Waals surface area contributed by atoms with E-state index in [1.807, 2.05) is 18.3 Å². The van der Waals surface area contributed by atoms with E-state index in [4.69, 9.17) is 0 Å². The van der Waals surface area contributed by atoms with Crippen LogP contribution in [-0.4, -0.2) is 11.5 Å². The van der Waals surface area contributed by atoms with Crippen molar-refractivity contribution in [2.45, 2.75) is 19.8 Å². The summed E-state index contributed by atoms with van der Waals surface area (Å²) < 4.78 is 1.05. The minimum atomic E-state index is 0.459. The quantitative estimate of drug-likeness (QED) is 0.907. The second-order valence-electron chi connectivity index (χ2n) is 4.48. The first-order chi connectivity index (χ1) is 8.68. The summed E-state index contributed by atoms with van der Waals surface area (Å²) in [5, 5.41) is 3.39. The van der Waals surface area contributed by atoms with Crippen LogP contribution in [0.15, 0.2) is 47.1 Å². The fourth-order valence-corrected chi connectivity index (χ4v) is 2.19. The van der Waals surface area contributed by atoms with E-state index in [0.29, 0.717) is 5.92 Å². The van der Waals surface area contributed by atoms with Crippen LogP contribution in [0.2, 0.25) is 0 Å². The molecule has 1 aromatic heterocycles. The Morgan fingerprint density at radius 1 is 1.22 bits per heavy atom. The Morgan fingerprint density at radius 3 is 2.67 bits per heavy atom. The van der Waals surface area contributed by atoms with Crippen LogP contribution in [0.25, 0.3) is 0 Å². The SMILES string of the molecule is Cc1ccnc(NCC(C)c2ccccc2)c1Br. The smallest absolute Gasteiger partial charge is 0.140 e. The standard InChI is InChI=1S/C15H17BrN2/c1-11-8-9-17-15(14(11)16)18-10-12(2)13-6-4-3-5-7-13/h3-9,12H,10H2,1-2H3,(H,17,18). The van der Waals surface area contributed by atoms with Crippen molar-refractivity contribution in [2.24, 2.45) is 0 Å². The molecule has 0 aliphatic carbocycles. The van der Waals surface area contributed by atoms with E-state index in [-0.39, 0.29) is 0 Å². The predicted molar refractivity (Wildman–Crippen MR) is 80.0 cm³/mol. The maximum atomic E-state index is 4.35. The first kappa shape index (κ1) is 13.1. The van der Waals surface area contributed by atoms with Gasteiger partial charge in [0.25, 0.3) is 0 Å². The molecule has 0 fully saturated rings. The van der Waals surface area contributed by atoms with Gasteiger partial charge in [0.2, 0.25) is 0 Å². The number of anilines is 1. The van der Waals surface area contributed by atoms with Crippen LogP contribution in [-0.2, 0) is 0 Å². The maximum Gasteiger partial charge on any atom is 0.140 e. The molecule has 0 saturated heterocycles. The minimum absolute atomic E-state index is 0.459. The molecule has 1 aromatic carbocycles. The number of nitrogens with one attached hydrogen (secondary N) is 1. The van der Waals surface area contributed by atoms with Gasteiger partial charge in [0.05, 0.1) is 4.47 Å². The van der Waals surface area contributed by atoms with Crippen LogP contribution in [0, 0.1) is 6.92 Å². The molecule has 2 aromatic rings. The average Bonchev–Trinajstić information content (AvgIpc) is 2.41. The van der Waals surface area contributed by atoms with Gasteiger partial charge in [-0.05, 0) is 46.0 Å². The van der Waals surface area contributed by atoms with Crippen LogP contribution in [0.5, 0.6) is 0 Å². The van der Waals surface area contributed by atoms with Gasteiger partial charge in [-0.15, -0.1) is 0 Å². The van der Waals surface area contributed by atoms with Gasteiger partial charge in [-0.2, -0.15) is 0 Å². The number of nitrogens with zero attached hydrogens (tertiary/aromatic N) is 1. The Morgan fingerprint density at radius 2 is 1.94 bits per heavy atom. The molecule has 1 heterocycles. The predicted octanol–water partition coefficient (Wildman–Crippen LogP) is 4.37. The van der Waals surface area contributed by atoms with Crippen molar-refractivity contribution in [3.8, 4) is 0 Å². The van der Waals surface area contributed by atoms with Crippen molar-refractivity contribution in [3.05, 3.63) is 58.2 Å². The molecule has 3 heteroatoms. The van der Waals surface area contributed by atoms with Crippen LogP contribution >= 0.6 is 15.9 Å². The van der Waals surface area contributed by atoms with Crippen molar-refractivity contribution >= 4 is 21.7 Å². The summed E-state index contributed by atoms with van der Waals surface area (Å²) in [6.45, 7) is 5.16. The number of halogens is 1. The van der Waals surface area contributed by atoms with Crippen LogP contribution in [0.3, 0.4) is 0 Å². The van der Waals surface area contributed by atoms with Gasteiger partial charge in [0.1, 0.15) is 5.82 Å². The summed E-state index contributed by atoms with van der Waals surface area (Å²) >= 11 is 3.56. The first-order valence-corrected chi connectivity index (χ1v) is 6.87. The van der Waals surface area contributed by atoms with Gasteiger partial charge >= 0.3 is 0 Å². The van der Waals surface area contributed by atoms with Crippen molar-refractivity contribution in [3.63, 3.8) is 0 Å². The monoisotopic (exact) mass is 304 g/mol. The first-order valence-electron chi connectivity index (χ1n) is 6.08. The van der Waals surface area contributed by atoms with E-state index in [1.54, 1.807) is 0 Å². The average molecular weight is 305 g/mol. The minimum Gasteiger partial charge on any atom is -0.369 e. The van der Waals surface area contributed by atoms with Gasteiger partial charge in [-0.3, -0.25) is 0 Å². The third kappa shape index (κ3) is 3.10. The molecule has 0 bridgehead atoms. The van der Waals surface area contributed by atoms with E-state index >= 15 is 0 Å². The molecule has 1 unspecified atom stereocenters. The molecule has 0 aliphatic heterocycles. The molecule has 0 spiro atoms. The molecule has 1 atom stereocenters. The third-order valence-corrected chi connectivity index (χ3v) is 4.03. The molecule has 0 aliphatic rings. The molecule has 94 valence electrons. The van der Waals surface area contributed by atoms with E-state index in [0.717, 1.165) is 16.8 Å². The Bertz CT molecular complexity index is 511. The summed E-state index contributed by atoms with van der Waals surface area (Å²) in [5.41, 5.74) is 2.54. The maximum absolute atomic E-state index is 4.35. The lowest BCUT2D eigenvalue weighted by Gasteiger charge is -2.14. The van der Waals surface area contributed by atoms with Crippen molar-refractivity contribution < 1.29 is 0 Å². The molecule has 0 saturated carbocycles. The second kappa shape index (κ2) is 6.01. The highest BCUT2D eigenvalue weighted by Crippen LogP contribution is 2.24. The molecule has 2 rings (SSSR count). The third-order valence-electron chi connectivity index (χ3n) is 3.03. The van der Waals surface area contributed by atoms with Crippen molar-refractivity contribution in [2.75, 3.05) is 11.9 Å². The van der Waals surface area contributed by atoms with Gasteiger partial charge in [-0.1, -0.05) is 37.3 Å². The van der Waals surface area contributed by atoms with E-state index < -0.39 is 0 Å². The number of aryl methyl sites for hydroxylation is 1. The normalized spacial score (nSPS) is 12.2. The molecule has 18 heavy (non-hydrogen) atoms. The Hall–Kier alpha value is -1.35. The molecular formula is C15H17BrN2. The molecular weight excluding hydrogens is 288 g/mol. The molecule has 2 nitrogen and oxygen atoms in total. The zero-order valence-corrected chi connectivity index (χ0v) is 12.2. The largest absolute Gasteiger partial charge is 0.369 e. The Balaban J connectivity index is 2.02. The highest BCUT2D eigenvalue weighted by molar-refractivity contribution is 9.10. The van der Waals surface area contributed by atoms with Crippen LogP contribution in [0.4, 0.5) is 5.82 Å². The number of rotatable bonds is 4. The van der Waals surface area contributed by atoms with Gasteiger partial charge in [-0.25, -0.2) is 4.98 Å². The van der Waals surface area contributed by atoms with E-state index in [2.05, 4.69) is 64.3 Å². The Kier molecular flexibility index (Phi) is 4.37. The molecule has 0 amide bonds. The van der Waals surface area contributed by atoms with Gasteiger partial charge in [0, 0.05) is 12.7 Å². The van der Waals surface area contributed by atoms with E-state index in [9.17, 15) is 0 Å². The topological polar surface area (TPSA) is 24.9 Å². The van der Waals surface area contributed by atoms with E-state index in [1.165, 1.54) is 11.1 Å². The fourth-order valence-electron chi connectivity index (χ4n) is 1.81. The second-order valence-corrected chi connectivity index (χ2v) is 5.28. The summed E-state index contributed by atoms with van der Waals surface area (Å²) in [6.07, 6.45) is 1.83. The number of hydrogen-bond acceptors (Lipinski definition) is 2. The zero-order valence-electron chi connectivity index (χ0n) is 10.7. The summed E-state index contributed by atoms with van der Waals surface area (Å²) in [6, 6.07) is 12.5. The highest BCUT2D eigenvalue weighted by Gasteiger charge is 2.07. The number of hydrogen-bond donors (Lipinski definition) is 1. The van der Waals surface area contributed by atoms with Crippen LogP contribution in [0.1, 0.15) is 24.0 Å². The number of benzene rings is 1. The lowest BCUT2D eigenvalue weighted by atomic mass is 10.0.